The first kappa shape index (κ1) is 16.7. The van der Waals surface area contributed by atoms with Crippen molar-refractivity contribution in [2.24, 2.45) is 0 Å². The van der Waals surface area contributed by atoms with Crippen LogP contribution in [-0.4, -0.2) is 39.5 Å². The molecule has 2 heterocycles. The summed E-state index contributed by atoms with van der Waals surface area (Å²) in [6.07, 6.45) is -9.40. The molecule has 9 heteroatoms. The topological polar surface area (TPSA) is 80.9 Å². The minimum atomic E-state index is -4.18. The lowest BCUT2D eigenvalue weighted by Gasteiger charge is -2.26. The molecule has 6 nitrogen and oxygen atoms in total. The number of rotatable bonds is 9. The van der Waals surface area contributed by atoms with Gasteiger partial charge in [0.15, 0.2) is 11.5 Å². The quantitative estimate of drug-likeness (QED) is 0.411. The standard InChI is InChI=1S/C28H30F3NO5/c1-4-26(2,3)24-10-17-9-16(20(29)13-21(17)32(24)14-19(34)15-33)11-25(35)27(7-8-27)18-5-6-22-23(12-18)37-28(30,31)36-22/h5-6,9-10,12-13,19,33-34H,4,7-8,11,14-15H2,1-3H3/t19-/m1/s1/i4D2,5D,6D,12D,14D2,15D2. The van der Waals surface area contributed by atoms with E-state index in [1.807, 2.05) is 0 Å². The Kier molecular flexibility index (Phi) is 3.97. The Morgan fingerprint density at radius 3 is 2.59 bits per heavy atom. The molecule has 1 saturated carbocycles. The number of halogens is 3. The Bertz CT molecular complexity index is 1780. The Morgan fingerprint density at radius 1 is 1.24 bits per heavy atom. The maximum atomic E-state index is 15.7. The van der Waals surface area contributed by atoms with Gasteiger partial charge in [0, 0.05) is 25.7 Å². The summed E-state index contributed by atoms with van der Waals surface area (Å²) in [5, 5.41) is 20.4. The van der Waals surface area contributed by atoms with Gasteiger partial charge in [0.1, 0.15) is 11.6 Å². The van der Waals surface area contributed by atoms with Crippen molar-refractivity contribution in [1.29, 1.82) is 0 Å². The number of nitrogens with zero attached hydrogens (tertiary/aromatic N) is 1. The lowest BCUT2D eigenvalue weighted by molar-refractivity contribution is -0.286. The molecule has 0 spiro atoms. The van der Waals surface area contributed by atoms with Crippen molar-refractivity contribution in [2.45, 2.75) is 76.1 Å². The molecule has 1 fully saturated rings. The largest absolute Gasteiger partial charge is 0.586 e. The molecule has 37 heavy (non-hydrogen) atoms. The number of hydrogen-bond donors (Lipinski definition) is 2. The Balaban J connectivity index is 1.61. The highest BCUT2D eigenvalue weighted by Crippen LogP contribution is 2.52. The minimum Gasteiger partial charge on any atom is -0.395 e. The molecule has 2 aliphatic rings. The van der Waals surface area contributed by atoms with Crippen LogP contribution in [-0.2, 0) is 28.5 Å². The highest BCUT2D eigenvalue weighted by molar-refractivity contribution is 5.95. The minimum absolute atomic E-state index is 0.0739. The average molecular weight is 527 g/mol. The summed E-state index contributed by atoms with van der Waals surface area (Å²) < 4.78 is 126. The van der Waals surface area contributed by atoms with Crippen LogP contribution in [0.5, 0.6) is 11.5 Å². The van der Waals surface area contributed by atoms with E-state index in [-0.39, 0.29) is 40.6 Å². The highest BCUT2D eigenvalue weighted by atomic mass is 19.3. The number of hydrogen-bond acceptors (Lipinski definition) is 5. The molecule has 5 rings (SSSR count). The summed E-state index contributed by atoms with van der Waals surface area (Å²) in [7, 11) is 0. The number of aromatic nitrogens is 1. The number of fused-ring (bicyclic) bond motifs is 2. The van der Waals surface area contributed by atoms with E-state index in [9.17, 15) is 23.8 Å². The van der Waals surface area contributed by atoms with Crippen LogP contribution < -0.4 is 9.47 Å². The van der Waals surface area contributed by atoms with E-state index >= 15 is 4.39 Å². The third-order valence-corrected chi connectivity index (χ3v) is 6.91. The normalized spacial score (nSPS) is 23.0. The molecule has 0 unspecified atom stereocenters. The first-order chi connectivity index (χ1) is 20.8. The van der Waals surface area contributed by atoms with Crippen LogP contribution >= 0.6 is 0 Å². The van der Waals surface area contributed by atoms with Crippen molar-refractivity contribution >= 4 is 16.7 Å². The van der Waals surface area contributed by atoms with Gasteiger partial charge in [0.25, 0.3) is 0 Å². The van der Waals surface area contributed by atoms with E-state index in [0.717, 1.165) is 10.6 Å². The van der Waals surface area contributed by atoms with Gasteiger partial charge in [0.05, 0.1) is 39.7 Å². The number of Topliss-reactive ketones (excluding diaryl/α,β-unsaturated/α-hetero) is 1. The number of aliphatic hydroxyl groups excluding tert-OH is 1. The van der Waals surface area contributed by atoms with Gasteiger partial charge in [-0.2, -0.15) is 0 Å². The van der Waals surface area contributed by atoms with E-state index in [0.29, 0.717) is 0 Å². The molecule has 0 saturated heterocycles. The number of alkyl halides is 2. The summed E-state index contributed by atoms with van der Waals surface area (Å²) in [6.45, 7) is -2.53. The Labute approximate surface area is 225 Å². The van der Waals surface area contributed by atoms with Gasteiger partial charge in [-0.15, -0.1) is 8.78 Å². The molecule has 3 aromatic rings. The van der Waals surface area contributed by atoms with Crippen LogP contribution in [0.15, 0.2) is 36.3 Å². The molecule has 1 aliphatic carbocycles. The molecular formula is C28H30F3NO5. The second kappa shape index (κ2) is 8.77. The molecule has 1 aliphatic heterocycles. The van der Waals surface area contributed by atoms with Crippen LogP contribution in [0.2, 0.25) is 0 Å². The van der Waals surface area contributed by atoms with Gasteiger partial charge < -0.3 is 24.3 Å². The molecule has 0 radical (unpaired) electrons. The summed E-state index contributed by atoms with van der Waals surface area (Å²) in [6, 6.07) is 1.11. The van der Waals surface area contributed by atoms with E-state index in [2.05, 4.69) is 9.47 Å². The first-order valence-electron chi connectivity index (χ1n) is 16.0. The lowest BCUT2D eigenvalue weighted by Crippen LogP contribution is -2.26. The fraction of sp³-hybridized carbons (Fsp3) is 0.464. The third kappa shape index (κ3) is 4.48. The van der Waals surface area contributed by atoms with Gasteiger partial charge >= 0.3 is 6.29 Å². The molecule has 1 aromatic heterocycles. The summed E-state index contributed by atoms with van der Waals surface area (Å²) in [5.41, 5.74) is -4.03. The number of carbonyl (C=O) groups is 1. The van der Waals surface area contributed by atoms with Crippen molar-refractivity contribution in [3.63, 3.8) is 0 Å². The van der Waals surface area contributed by atoms with Crippen molar-refractivity contribution in [1.82, 2.24) is 4.57 Å². The predicted molar refractivity (Wildman–Crippen MR) is 131 cm³/mol. The van der Waals surface area contributed by atoms with E-state index in [1.165, 1.54) is 32.9 Å². The number of ketones is 1. The molecule has 1 atom stereocenters. The molecule has 2 N–H and O–H groups in total. The fourth-order valence-corrected chi connectivity index (χ4v) is 4.45. The van der Waals surface area contributed by atoms with Gasteiger partial charge in [-0.1, -0.05) is 26.8 Å². The van der Waals surface area contributed by atoms with Gasteiger partial charge in [-0.3, -0.25) is 4.79 Å². The fourth-order valence-electron chi connectivity index (χ4n) is 4.45. The zero-order valence-corrected chi connectivity index (χ0v) is 20.1. The van der Waals surface area contributed by atoms with Crippen molar-refractivity contribution in [3.8, 4) is 11.5 Å². The summed E-state index contributed by atoms with van der Waals surface area (Å²) in [4.78, 5) is 13.7. The molecule has 198 valence electrons. The number of carbonyl (C=O) groups excluding carboxylic acids is 1. The van der Waals surface area contributed by atoms with E-state index in [4.69, 9.17) is 12.3 Å². The monoisotopic (exact) mass is 526 g/mol. The average Bonchev–Trinajstić information content (AvgIpc) is 3.51. The zero-order valence-electron chi connectivity index (χ0n) is 29.1. The number of benzene rings is 2. The van der Waals surface area contributed by atoms with Gasteiger partial charge in [0.2, 0.25) is 0 Å². The second-order valence-corrected chi connectivity index (χ2v) is 9.66. The molecular weight excluding hydrogens is 487 g/mol. The number of aliphatic hydroxyl groups is 2. The summed E-state index contributed by atoms with van der Waals surface area (Å²) in [5.74, 6) is -3.33. The van der Waals surface area contributed by atoms with Crippen LogP contribution in [0, 0.1) is 5.82 Å². The molecule has 0 amide bonds. The Hall–Kier alpha value is -3.04. The maximum absolute atomic E-state index is 15.7. The lowest BCUT2D eigenvalue weighted by atomic mass is 9.86. The summed E-state index contributed by atoms with van der Waals surface area (Å²) >= 11 is 0. The SMILES string of the molecule is [2H]c1c([2H])c(C2(C(=O)Cc3cc4cc(C(C)(C)C([2H])([2H])C)n(C([2H])([2H])[C@@H](O)C([2H])([2H])O)c4cc3F)CC2)c([2H])c2c1OC(F)(F)O2. The van der Waals surface area contributed by atoms with Gasteiger partial charge in [-0.05, 0) is 60.6 Å². The van der Waals surface area contributed by atoms with E-state index in [1.54, 1.807) is 0 Å². The van der Waals surface area contributed by atoms with Crippen LogP contribution in [0.3, 0.4) is 0 Å². The smallest absolute Gasteiger partial charge is 0.395 e. The third-order valence-electron chi connectivity index (χ3n) is 6.91. The van der Waals surface area contributed by atoms with Crippen molar-refractivity contribution in [3.05, 3.63) is 59.0 Å². The predicted octanol–water partition coefficient (Wildman–Crippen LogP) is 4.99. The van der Waals surface area contributed by atoms with Crippen molar-refractivity contribution in [2.75, 3.05) is 6.56 Å². The van der Waals surface area contributed by atoms with Crippen LogP contribution in [0.4, 0.5) is 13.2 Å². The van der Waals surface area contributed by atoms with Gasteiger partial charge in [-0.25, -0.2) is 4.39 Å². The number of ether oxygens (including phenoxy) is 2. The highest BCUT2D eigenvalue weighted by Gasteiger charge is 2.52. The molecule has 2 aromatic carbocycles. The first-order valence-corrected chi connectivity index (χ1v) is 11.5. The molecule has 0 bridgehead atoms. The maximum Gasteiger partial charge on any atom is 0.586 e. The van der Waals surface area contributed by atoms with E-state index < -0.39 is 90.3 Å². The second-order valence-electron chi connectivity index (χ2n) is 9.66. The van der Waals surface area contributed by atoms with Crippen LogP contribution in [0.1, 0.15) is 69.1 Å². The zero-order chi connectivity index (χ0) is 34.7. The van der Waals surface area contributed by atoms with Crippen molar-refractivity contribution < 1.29 is 50.0 Å². The van der Waals surface area contributed by atoms with Crippen LogP contribution in [0.25, 0.3) is 10.9 Å². The Morgan fingerprint density at radius 2 is 1.95 bits per heavy atom.